The molecule has 0 nitrogen and oxygen atoms in total. The molecule has 0 saturated heterocycles. The summed E-state index contributed by atoms with van der Waals surface area (Å²) in [4.78, 5) is 0. The lowest BCUT2D eigenvalue weighted by molar-refractivity contribution is 1.09. The number of benzene rings is 2. The molecule has 134 valence electrons. The first-order chi connectivity index (χ1) is 9.28. The maximum Gasteiger partial charge on any atom is -0.00135 e. The lowest BCUT2D eigenvalue weighted by atomic mass is 10.1. The van der Waals surface area contributed by atoms with Gasteiger partial charge in [0.05, 0.1) is 0 Å². The van der Waals surface area contributed by atoms with E-state index in [1.54, 1.807) is 0 Å². The molecule has 0 fully saturated rings. The van der Waals surface area contributed by atoms with Gasteiger partial charge in [0.1, 0.15) is 0 Å². The molecule has 0 atom stereocenters. The van der Waals surface area contributed by atoms with Crippen molar-refractivity contribution in [3.8, 4) is 11.1 Å². The molecule has 0 aliphatic heterocycles. The van der Waals surface area contributed by atoms with Crippen molar-refractivity contribution in [2.75, 3.05) is 0 Å². The summed E-state index contributed by atoms with van der Waals surface area (Å²) in [6.45, 7) is 8.50. The first kappa shape index (κ1) is 29.5. The van der Waals surface area contributed by atoms with Gasteiger partial charge in [-0.25, -0.2) is 0 Å². The maximum absolute atomic E-state index is 2.22. The van der Waals surface area contributed by atoms with Crippen LogP contribution in [-0.4, -0.2) is 0 Å². The summed E-state index contributed by atoms with van der Waals surface area (Å²) < 4.78 is 0. The molecule has 2 aromatic carbocycles. The van der Waals surface area contributed by atoms with E-state index in [0.29, 0.717) is 0 Å². The van der Waals surface area contributed by atoms with E-state index in [2.05, 4.69) is 76.2 Å². The van der Waals surface area contributed by atoms with Gasteiger partial charge in [-0.15, -0.1) is 0 Å². The topological polar surface area (TPSA) is 0 Å². The van der Waals surface area contributed by atoms with E-state index in [1.807, 2.05) is 0 Å². The Hall–Kier alpha value is -1.56. The van der Waals surface area contributed by atoms with Gasteiger partial charge in [-0.05, 0) is 28.7 Å². The molecule has 0 N–H and O–H groups in total. The smallest absolute Gasteiger partial charge is 0.00135 e. The van der Waals surface area contributed by atoms with Crippen molar-refractivity contribution in [3.05, 3.63) is 59.7 Å². The predicted octanol–water partition coefficient (Wildman–Crippen LogP) is 8.63. The summed E-state index contributed by atoms with van der Waals surface area (Å²) in [6.07, 6.45) is 3.60. The molecule has 0 saturated carbocycles. The van der Waals surface area contributed by atoms with Crippen LogP contribution in [0.3, 0.4) is 0 Å². The highest BCUT2D eigenvalue weighted by Gasteiger charge is 2.15. The van der Waals surface area contributed by atoms with Gasteiger partial charge in [0, 0.05) is 0 Å². The average molecular weight is 319 g/mol. The van der Waals surface area contributed by atoms with E-state index in [4.69, 9.17) is 0 Å². The monoisotopic (exact) mass is 318 g/mol. The van der Waals surface area contributed by atoms with Crippen molar-refractivity contribution in [3.63, 3.8) is 0 Å². The van der Waals surface area contributed by atoms with Crippen molar-refractivity contribution in [2.24, 2.45) is 0 Å². The molecule has 2 aromatic rings. The first-order valence-corrected chi connectivity index (χ1v) is 7.44. The van der Waals surface area contributed by atoms with Crippen LogP contribution in [0.25, 0.3) is 11.1 Å². The van der Waals surface area contributed by atoms with Crippen LogP contribution in [-0.2, 0) is 6.42 Å². The second-order valence-electron chi connectivity index (χ2n) is 4.91. The fourth-order valence-electron chi connectivity index (χ4n) is 2.08. The van der Waals surface area contributed by atoms with E-state index in [-0.39, 0.29) is 29.7 Å². The Bertz CT molecular complexity index is 437. The predicted molar refractivity (Wildman–Crippen MR) is 114 cm³/mol. The second kappa shape index (κ2) is 16.8. The summed E-state index contributed by atoms with van der Waals surface area (Å²) in [7, 11) is 0. The van der Waals surface area contributed by atoms with Crippen LogP contribution in [0.2, 0.25) is 0 Å². The van der Waals surface area contributed by atoms with Crippen molar-refractivity contribution in [1.29, 1.82) is 0 Å². The van der Waals surface area contributed by atoms with Crippen LogP contribution < -0.4 is 0 Å². The standard InChI is InChI=1S/C13H10.2C3H8.4CH4/c1-3-7-12-10(5-1)9-11-6-2-4-8-13(11)12;2*1-3-2;;;;/h1-8H,9H2;2*3H2,1-2H3;4*1H4. The lowest BCUT2D eigenvalue weighted by Crippen LogP contribution is -1.77. The molecule has 23 heavy (non-hydrogen) atoms. The highest BCUT2D eigenvalue weighted by Crippen LogP contribution is 2.35. The second-order valence-corrected chi connectivity index (χ2v) is 4.91. The summed E-state index contributed by atoms with van der Waals surface area (Å²) >= 11 is 0. The Morgan fingerprint density at radius 1 is 0.565 bits per heavy atom. The first-order valence-electron chi connectivity index (χ1n) is 7.44. The number of rotatable bonds is 0. The van der Waals surface area contributed by atoms with E-state index in [0.717, 1.165) is 6.42 Å². The minimum absolute atomic E-state index is 0. The molecule has 0 bridgehead atoms. The minimum Gasteiger partial charge on any atom is -0.0776 e. The third-order valence-electron chi connectivity index (χ3n) is 2.71. The van der Waals surface area contributed by atoms with Crippen LogP contribution in [0.5, 0.6) is 0 Å². The normalized spacial score (nSPS) is 8.52. The van der Waals surface area contributed by atoms with Gasteiger partial charge in [0.25, 0.3) is 0 Å². The molecular weight excluding hydrogens is 276 g/mol. The van der Waals surface area contributed by atoms with Gasteiger partial charge >= 0.3 is 0 Å². The number of hydrogen-bond donors (Lipinski definition) is 0. The van der Waals surface area contributed by atoms with E-state index in [1.165, 1.54) is 35.1 Å². The van der Waals surface area contributed by atoms with E-state index in [9.17, 15) is 0 Å². The zero-order chi connectivity index (χ0) is 14.1. The maximum atomic E-state index is 2.22. The number of hydrogen-bond acceptors (Lipinski definition) is 0. The fraction of sp³-hybridized carbons (Fsp3) is 0.478. The summed E-state index contributed by atoms with van der Waals surface area (Å²) in [6, 6.07) is 17.3. The Balaban J connectivity index is -0.000000161. The third-order valence-corrected chi connectivity index (χ3v) is 2.71. The Morgan fingerprint density at radius 3 is 1.13 bits per heavy atom. The third kappa shape index (κ3) is 8.59. The van der Waals surface area contributed by atoms with Crippen molar-refractivity contribution < 1.29 is 0 Å². The van der Waals surface area contributed by atoms with Gasteiger partial charge in [-0.3, -0.25) is 0 Å². The van der Waals surface area contributed by atoms with Crippen molar-refractivity contribution in [1.82, 2.24) is 0 Å². The Labute approximate surface area is 148 Å². The average Bonchev–Trinajstić information content (AvgIpc) is 2.79. The van der Waals surface area contributed by atoms with Gasteiger partial charge in [-0.1, -0.05) is 119 Å². The molecule has 0 heteroatoms. The molecule has 3 rings (SSSR count). The molecular formula is C23H42. The summed E-state index contributed by atoms with van der Waals surface area (Å²) in [5.41, 5.74) is 5.75. The van der Waals surface area contributed by atoms with E-state index >= 15 is 0 Å². The van der Waals surface area contributed by atoms with Crippen molar-refractivity contribution >= 4 is 0 Å². The van der Waals surface area contributed by atoms with Crippen LogP contribution >= 0.6 is 0 Å². The largest absolute Gasteiger partial charge is 0.0776 e. The zero-order valence-electron chi connectivity index (χ0n) is 12.7. The highest BCUT2D eigenvalue weighted by atomic mass is 14.2. The molecule has 0 amide bonds. The Kier molecular flexibility index (Phi) is 21.5. The minimum atomic E-state index is 0. The molecule has 0 spiro atoms. The SMILES string of the molecule is C.C.C.C.CCC.CCC.c1ccc2c(c1)Cc1ccccc1-2. The van der Waals surface area contributed by atoms with Gasteiger partial charge < -0.3 is 0 Å². The van der Waals surface area contributed by atoms with Crippen LogP contribution in [0.1, 0.15) is 81.4 Å². The lowest BCUT2D eigenvalue weighted by Gasteiger charge is -1.98. The van der Waals surface area contributed by atoms with Crippen LogP contribution in [0.15, 0.2) is 48.5 Å². The molecule has 0 unspecified atom stereocenters. The molecule has 0 radical (unpaired) electrons. The summed E-state index contributed by atoms with van der Waals surface area (Å²) in [5.74, 6) is 0. The van der Waals surface area contributed by atoms with Crippen LogP contribution in [0, 0.1) is 0 Å². The molecule has 0 aromatic heterocycles. The highest BCUT2D eigenvalue weighted by molar-refractivity contribution is 5.76. The molecule has 0 heterocycles. The summed E-state index contributed by atoms with van der Waals surface area (Å²) in [5, 5.41) is 0. The number of fused-ring (bicyclic) bond motifs is 3. The molecule has 1 aliphatic carbocycles. The van der Waals surface area contributed by atoms with Gasteiger partial charge in [0.2, 0.25) is 0 Å². The van der Waals surface area contributed by atoms with Crippen LogP contribution in [0.4, 0.5) is 0 Å². The Morgan fingerprint density at radius 2 is 0.826 bits per heavy atom. The fourth-order valence-corrected chi connectivity index (χ4v) is 2.08. The quantitative estimate of drug-likeness (QED) is 0.389. The zero-order valence-corrected chi connectivity index (χ0v) is 12.7. The van der Waals surface area contributed by atoms with Gasteiger partial charge in [-0.2, -0.15) is 0 Å². The molecule has 1 aliphatic rings. The van der Waals surface area contributed by atoms with Crippen molar-refractivity contribution in [2.45, 2.75) is 76.7 Å². The van der Waals surface area contributed by atoms with E-state index < -0.39 is 0 Å². The van der Waals surface area contributed by atoms with Gasteiger partial charge in [0.15, 0.2) is 0 Å².